The van der Waals surface area contributed by atoms with Crippen molar-refractivity contribution in [3.8, 4) is 0 Å². The zero-order chi connectivity index (χ0) is 14.7. The quantitative estimate of drug-likeness (QED) is 0.760. The van der Waals surface area contributed by atoms with Gasteiger partial charge in [-0.1, -0.05) is 26.7 Å². The number of nitrogens with zero attached hydrogens (tertiary/aromatic N) is 1. The molecule has 1 N–H and O–H groups in total. The zero-order valence-corrected chi connectivity index (χ0v) is 13.0. The number of carbonyl (C=O) groups excluding carboxylic acids is 2. The molecule has 0 aromatic heterocycles. The van der Waals surface area contributed by atoms with Crippen LogP contribution >= 0.6 is 0 Å². The van der Waals surface area contributed by atoms with Crippen LogP contribution in [0.2, 0.25) is 0 Å². The molecule has 1 saturated heterocycles. The van der Waals surface area contributed by atoms with Gasteiger partial charge in [0.2, 0.25) is 11.8 Å². The molecule has 2 rings (SSSR count). The smallest absolute Gasteiger partial charge is 0.247 e. The lowest BCUT2D eigenvalue weighted by Gasteiger charge is -2.23. The largest absolute Gasteiger partial charge is 0.303 e. The number of carbonyl (C=O) groups is 2. The second-order valence-electron chi connectivity index (χ2n) is 6.84. The van der Waals surface area contributed by atoms with E-state index in [2.05, 4.69) is 26.1 Å². The van der Waals surface area contributed by atoms with Crippen LogP contribution in [0.25, 0.3) is 0 Å². The number of amides is 2. The summed E-state index contributed by atoms with van der Waals surface area (Å²) in [7, 11) is 0. The summed E-state index contributed by atoms with van der Waals surface area (Å²) in [6.45, 7) is 6.52. The van der Waals surface area contributed by atoms with Gasteiger partial charge in [0.25, 0.3) is 0 Å². The lowest BCUT2D eigenvalue weighted by Crippen LogP contribution is -2.45. The Morgan fingerprint density at radius 1 is 1.15 bits per heavy atom. The number of nitrogens with one attached hydrogen (secondary N) is 1. The Labute approximate surface area is 122 Å². The van der Waals surface area contributed by atoms with Crippen molar-refractivity contribution in [2.24, 2.45) is 5.92 Å². The van der Waals surface area contributed by atoms with E-state index in [9.17, 15) is 9.59 Å². The number of hydrogen-bond acceptors (Lipinski definition) is 3. The van der Waals surface area contributed by atoms with Crippen molar-refractivity contribution in [1.82, 2.24) is 10.2 Å². The molecule has 1 saturated carbocycles. The Bertz CT molecular complexity index is 361. The molecule has 0 spiro atoms. The van der Waals surface area contributed by atoms with E-state index in [0.29, 0.717) is 18.4 Å². The average Bonchev–Trinajstić information content (AvgIpc) is 2.97. The zero-order valence-electron chi connectivity index (χ0n) is 13.0. The van der Waals surface area contributed by atoms with Gasteiger partial charge in [0, 0.05) is 12.1 Å². The van der Waals surface area contributed by atoms with E-state index in [-0.39, 0.29) is 23.9 Å². The van der Waals surface area contributed by atoms with Crippen molar-refractivity contribution in [2.75, 3.05) is 0 Å². The van der Waals surface area contributed by atoms with Crippen molar-refractivity contribution in [3.05, 3.63) is 0 Å². The molecule has 0 bridgehead atoms. The standard InChI is InChI=1S/C16H28N2O2/c1-11(2)8-9-12(3)17-14-10-15(19)18(16(14)20)13-6-4-5-7-13/h11-14,17H,4-10H2,1-3H3. The Hall–Kier alpha value is -0.900. The summed E-state index contributed by atoms with van der Waals surface area (Å²) >= 11 is 0. The van der Waals surface area contributed by atoms with Gasteiger partial charge in [0.05, 0.1) is 12.5 Å². The molecule has 4 nitrogen and oxygen atoms in total. The minimum absolute atomic E-state index is 0.0123. The van der Waals surface area contributed by atoms with Gasteiger partial charge in [-0.05, 0) is 38.5 Å². The molecule has 2 aliphatic rings. The highest BCUT2D eigenvalue weighted by atomic mass is 16.2. The van der Waals surface area contributed by atoms with Gasteiger partial charge in [-0.3, -0.25) is 14.5 Å². The molecular formula is C16H28N2O2. The van der Waals surface area contributed by atoms with E-state index in [1.54, 1.807) is 4.90 Å². The van der Waals surface area contributed by atoms with Crippen molar-refractivity contribution in [1.29, 1.82) is 0 Å². The molecule has 2 amide bonds. The highest BCUT2D eigenvalue weighted by Gasteiger charge is 2.43. The van der Waals surface area contributed by atoms with E-state index in [4.69, 9.17) is 0 Å². The van der Waals surface area contributed by atoms with E-state index >= 15 is 0 Å². The maximum Gasteiger partial charge on any atom is 0.247 e. The average molecular weight is 280 g/mol. The van der Waals surface area contributed by atoms with Crippen LogP contribution in [-0.4, -0.2) is 34.8 Å². The fraction of sp³-hybridized carbons (Fsp3) is 0.875. The second kappa shape index (κ2) is 6.70. The van der Waals surface area contributed by atoms with Crippen LogP contribution in [0.15, 0.2) is 0 Å². The third-order valence-corrected chi connectivity index (χ3v) is 4.54. The molecule has 2 unspecified atom stereocenters. The Morgan fingerprint density at radius 2 is 1.80 bits per heavy atom. The SMILES string of the molecule is CC(C)CCC(C)NC1CC(=O)N(C2CCCC2)C1=O. The summed E-state index contributed by atoms with van der Waals surface area (Å²) in [6, 6.07) is 0.181. The van der Waals surface area contributed by atoms with Gasteiger partial charge in [-0.25, -0.2) is 0 Å². The van der Waals surface area contributed by atoms with Gasteiger partial charge in [-0.2, -0.15) is 0 Å². The highest BCUT2D eigenvalue weighted by molar-refractivity contribution is 6.05. The molecule has 20 heavy (non-hydrogen) atoms. The first-order chi connectivity index (χ1) is 9.49. The maximum absolute atomic E-state index is 12.4. The summed E-state index contributed by atoms with van der Waals surface area (Å²) in [6.07, 6.45) is 6.82. The minimum Gasteiger partial charge on any atom is -0.303 e. The first-order valence-corrected chi connectivity index (χ1v) is 8.11. The van der Waals surface area contributed by atoms with E-state index in [1.807, 2.05) is 0 Å². The molecule has 1 aliphatic carbocycles. The normalized spacial score (nSPS) is 26.0. The molecule has 1 aliphatic heterocycles. The summed E-state index contributed by atoms with van der Waals surface area (Å²) < 4.78 is 0. The molecule has 2 atom stereocenters. The van der Waals surface area contributed by atoms with Crippen LogP contribution in [0, 0.1) is 5.92 Å². The first kappa shape index (κ1) is 15.5. The van der Waals surface area contributed by atoms with Crippen LogP contribution in [0.1, 0.15) is 65.7 Å². The third-order valence-electron chi connectivity index (χ3n) is 4.54. The van der Waals surface area contributed by atoms with Gasteiger partial charge >= 0.3 is 0 Å². The van der Waals surface area contributed by atoms with E-state index in [0.717, 1.165) is 38.5 Å². The molecule has 114 valence electrons. The van der Waals surface area contributed by atoms with Crippen molar-refractivity contribution < 1.29 is 9.59 Å². The molecular weight excluding hydrogens is 252 g/mol. The first-order valence-electron chi connectivity index (χ1n) is 8.11. The number of likely N-dealkylation sites (tertiary alicyclic amines) is 1. The maximum atomic E-state index is 12.4. The van der Waals surface area contributed by atoms with Crippen molar-refractivity contribution in [2.45, 2.75) is 83.8 Å². The van der Waals surface area contributed by atoms with Crippen molar-refractivity contribution >= 4 is 11.8 Å². The molecule has 4 heteroatoms. The number of rotatable bonds is 6. The summed E-state index contributed by atoms with van der Waals surface area (Å²) in [5, 5.41) is 3.36. The van der Waals surface area contributed by atoms with Crippen LogP contribution in [0.3, 0.4) is 0 Å². The molecule has 1 heterocycles. The van der Waals surface area contributed by atoms with E-state index in [1.165, 1.54) is 0 Å². The molecule has 0 aromatic carbocycles. The van der Waals surface area contributed by atoms with Crippen LogP contribution < -0.4 is 5.32 Å². The lowest BCUT2D eigenvalue weighted by atomic mass is 10.0. The number of hydrogen-bond donors (Lipinski definition) is 1. The number of imide groups is 1. The van der Waals surface area contributed by atoms with Gasteiger partial charge in [-0.15, -0.1) is 0 Å². The van der Waals surface area contributed by atoms with Crippen LogP contribution in [0.4, 0.5) is 0 Å². The Morgan fingerprint density at radius 3 is 2.40 bits per heavy atom. The predicted octanol–water partition coefficient (Wildman–Crippen LogP) is 2.47. The second-order valence-corrected chi connectivity index (χ2v) is 6.84. The third kappa shape index (κ3) is 3.60. The summed E-state index contributed by atoms with van der Waals surface area (Å²) in [4.78, 5) is 26.1. The topological polar surface area (TPSA) is 49.4 Å². The monoisotopic (exact) mass is 280 g/mol. The van der Waals surface area contributed by atoms with E-state index < -0.39 is 0 Å². The van der Waals surface area contributed by atoms with Gasteiger partial charge in [0.15, 0.2) is 0 Å². The van der Waals surface area contributed by atoms with Gasteiger partial charge in [0.1, 0.15) is 0 Å². The lowest BCUT2D eigenvalue weighted by molar-refractivity contribution is -0.141. The molecule has 0 aromatic rings. The Balaban J connectivity index is 1.87. The fourth-order valence-corrected chi connectivity index (χ4v) is 3.34. The predicted molar refractivity (Wildman–Crippen MR) is 79.2 cm³/mol. The minimum atomic E-state index is -0.287. The van der Waals surface area contributed by atoms with Crippen LogP contribution in [-0.2, 0) is 9.59 Å². The van der Waals surface area contributed by atoms with Crippen molar-refractivity contribution in [3.63, 3.8) is 0 Å². The Kier molecular flexibility index (Phi) is 5.19. The fourth-order valence-electron chi connectivity index (χ4n) is 3.34. The summed E-state index contributed by atoms with van der Waals surface area (Å²) in [5.41, 5.74) is 0. The molecule has 0 radical (unpaired) electrons. The van der Waals surface area contributed by atoms with Crippen LogP contribution in [0.5, 0.6) is 0 Å². The molecule has 2 fully saturated rings. The summed E-state index contributed by atoms with van der Waals surface area (Å²) in [5.74, 6) is 0.712. The van der Waals surface area contributed by atoms with Gasteiger partial charge < -0.3 is 5.32 Å². The highest BCUT2D eigenvalue weighted by Crippen LogP contribution is 2.28.